The van der Waals surface area contributed by atoms with Gasteiger partial charge in [0, 0.05) is 37.4 Å². The lowest BCUT2D eigenvalue weighted by Gasteiger charge is -2.26. The Kier molecular flexibility index (Phi) is 3.63. The van der Waals surface area contributed by atoms with Gasteiger partial charge in [0.1, 0.15) is 5.75 Å². The number of carbonyl (C=O) groups is 1. The van der Waals surface area contributed by atoms with Gasteiger partial charge in [0.15, 0.2) is 0 Å². The Bertz CT molecular complexity index is 432. The lowest BCUT2D eigenvalue weighted by molar-refractivity contribution is 0.0758. The Morgan fingerprint density at radius 2 is 2.24 bits per heavy atom. The summed E-state index contributed by atoms with van der Waals surface area (Å²) in [6.07, 6.45) is 1.29. The van der Waals surface area contributed by atoms with Gasteiger partial charge in [-0.15, -0.1) is 11.3 Å². The van der Waals surface area contributed by atoms with Crippen LogP contribution in [0.15, 0.2) is 16.6 Å². The monoisotopic (exact) mass is 254 g/mol. The van der Waals surface area contributed by atoms with Gasteiger partial charge >= 0.3 is 0 Å². The number of methoxy groups -OCH3 is 1. The van der Waals surface area contributed by atoms with Gasteiger partial charge in [0.05, 0.1) is 17.7 Å². The highest BCUT2D eigenvalue weighted by Gasteiger charge is 2.22. The van der Waals surface area contributed by atoms with E-state index in [1.807, 2.05) is 5.38 Å². The Morgan fingerprint density at radius 1 is 1.53 bits per heavy atom. The molecule has 0 atom stereocenters. The second-order valence-electron chi connectivity index (χ2n) is 3.81. The highest BCUT2D eigenvalue weighted by molar-refractivity contribution is 7.12. The van der Waals surface area contributed by atoms with Crippen molar-refractivity contribution in [1.29, 1.82) is 0 Å². The Balaban J connectivity index is 2.01. The number of thiophene rings is 1. The average Bonchev–Trinajstić information content (AvgIpc) is 2.87. The molecular formula is C11H14N2O3S. The molecule has 2 heterocycles. The maximum absolute atomic E-state index is 12.1. The standard InChI is InChI=1S/C11H14N2O3S/c1-16-9-6-10(17-7-9)11(14)13-4-2-8(12-15)3-5-13/h6-7,15H,2-5H2,1H3. The topological polar surface area (TPSA) is 62.1 Å². The van der Waals surface area contributed by atoms with Gasteiger partial charge in [-0.05, 0) is 0 Å². The summed E-state index contributed by atoms with van der Waals surface area (Å²) in [6.45, 7) is 1.22. The number of hydrogen-bond donors (Lipinski definition) is 1. The van der Waals surface area contributed by atoms with Crippen molar-refractivity contribution in [2.24, 2.45) is 5.16 Å². The van der Waals surface area contributed by atoms with E-state index < -0.39 is 0 Å². The Labute approximate surface area is 103 Å². The zero-order chi connectivity index (χ0) is 12.3. The first-order valence-electron chi connectivity index (χ1n) is 5.36. The van der Waals surface area contributed by atoms with E-state index in [1.54, 1.807) is 18.1 Å². The number of amides is 1. The van der Waals surface area contributed by atoms with Crippen molar-refractivity contribution in [1.82, 2.24) is 4.90 Å². The molecule has 0 aliphatic carbocycles. The molecule has 1 fully saturated rings. The number of rotatable bonds is 2. The first-order valence-corrected chi connectivity index (χ1v) is 6.24. The number of nitrogens with zero attached hydrogens (tertiary/aromatic N) is 2. The fourth-order valence-electron chi connectivity index (χ4n) is 1.76. The maximum atomic E-state index is 12.1. The van der Waals surface area contributed by atoms with E-state index in [9.17, 15) is 4.79 Å². The van der Waals surface area contributed by atoms with Crippen LogP contribution in [0.1, 0.15) is 22.5 Å². The minimum Gasteiger partial charge on any atom is -0.496 e. The van der Waals surface area contributed by atoms with E-state index in [2.05, 4.69) is 5.16 Å². The van der Waals surface area contributed by atoms with Crippen molar-refractivity contribution < 1.29 is 14.7 Å². The molecule has 0 bridgehead atoms. The summed E-state index contributed by atoms with van der Waals surface area (Å²) in [5.74, 6) is 0.739. The van der Waals surface area contributed by atoms with Gasteiger partial charge in [0.25, 0.3) is 5.91 Å². The number of carbonyl (C=O) groups excluding carboxylic acids is 1. The quantitative estimate of drug-likeness (QED) is 0.647. The van der Waals surface area contributed by atoms with Crippen molar-refractivity contribution in [2.75, 3.05) is 20.2 Å². The molecule has 0 spiro atoms. The number of piperidine rings is 1. The molecule has 1 N–H and O–H groups in total. The van der Waals surface area contributed by atoms with E-state index in [-0.39, 0.29) is 5.91 Å². The molecule has 1 amide bonds. The zero-order valence-electron chi connectivity index (χ0n) is 9.55. The lowest BCUT2D eigenvalue weighted by Crippen LogP contribution is -2.38. The molecule has 1 aliphatic heterocycles. The minimum atomic E-state index is 0.0234. The maximum Gasteiger partial charge on any atom is 0.264 e. The summed E-state index contributed by atoms with van der Waals surface area (Å²) in [5.41, 5.74) is 0.762. The van der Waals surface area contributed by atoms with Gasteiger partial charge in [-0.2, -0.15) is 0 Å². The van der Waals surface area contributed by atoms with E-state index in [0.717, 1.165) is 5.71 Å². The second kappa shape index (κ2) is 5.18. The van der Waals surface area contributed by atoms with E-state index in [0.29, 0.717) is 36.6 Å². The van der Waals surface area contributed by atoms with Crippen LogP contribution in [-0.4, -0.2) is 41.9 Å². The Hall–Kier alpha value is -1.56. The van der Waals surface area contributed by atoms with Crippen molar-refractivity contribution in [3.8, 4) is 5.75 Å². The SMILES string of the molecule is COc1csc(C(=O)N2CCC(=NO)CC2)c1. The van der Waals surface area contributed by atoms with Crippen LogP contribution in [0.4, 0.5) is 0 Å². The van der Waals surface area contributed by atoms with E-state index >= 15 is 0 Å². The van der Waals surface area contributed by atoms with Crippen LogP contribution >= 0.6 is 11.3 Å². The van der Waals surface area contributed by atoms with Crippen LogP contribution in [0.25, 0.3) is 0 Å². The molecule has 1 aliphatic rings. The van der Waals surface area contributed by atoms with Crippen LogP contribution in [0.3, 0.4) is 0 Å². The molecule has 1 aromatic heterocycles. The van der Waals surface area contributed by atoms with Crippen LogP contribution in [-0.2, 0) is 0 Å². The largest absolute Gasteiger partial charge is 0.496 e. The molecule has 1 saturated heterocycles. The number of ether oxygens (including phenoxy) is 1. The van der Waals surface area contributed by atoms with Crippen LogP contribution in [0.2, 0.25) is 0 Å². The molecule has 92 valence electrons. The zero-order valence-corrected chi connectivity index (χ0v) is 10.4. The predicted octanol–water partition coefficient (Wildman–Crippen LogP) is 1.82. The van der Waals surface area contributed by atoms with E-state index in [4.69, 9.17) is 9.94 Å². The summed E-state index contributed by atoms with van der Waals surface area (Å²) in [6, 6.07) is 1.75. The van der Waals surface area contributed by atoms with Crippen molar-refractivity contribution in [2.45, 2.75) is 12.8 Å². The van der Waals surface area contributed by atoms with Gasteiger partial charge in [-0.3, -0.25) is 4.79 Å². The molecular weight excluding hydrogens is 240 g/mol. The molecule has 1 aromatic rings. The van der Waals surface area contributed by atoms with Gasteiger partial charge < -0.3 is 14.8 Å². The first kappa shape index (κ1) is 11.9. The fourth-order valence-corrected chi connectivity index (χ4v) is 2.58. The molecule has 0 aromatic carbocycles. The normalized spacial score (nSPS) is 15.8. The summed E-state index contributed by atoms with van der Waals surface area (Å²) in [7, 11) is 1.58. The second-order valence-corrected chi connectivity index (χ2v) is 4.72. The Morgan fingerprint density at radius 3 is 2.76 bits per heavy atom. The average molecular weight is 254 g/mol. The van der Waals surface area contributed by atoms with Crippen LogP contribution < -0.4 is 4.74 Å². The molecule has 17 heavy (non-hydrogen) atoms. The first-order chi connectivity index (χ1) is 8.24. The number of likely N-dealkylation sites (tertiary alicyclic amines) is 1. The predicted molar refractivity (Wildman–Crippen MR) is 65.2 cm³/mol. The van der Waals surface area contributed by atoms with Gasteiger partial charge in [-0.1, -0.05) is 5.16 Å². The highest BCUT2D eigenvalue weighted by Crippen LogP contribution is 2.23. The molecule has 2 rings (SSSR count). The third-order valence-corrected chi connectivity index (χ3v) is 3.69. The summed E-state index contributed by atoms with van der Waals surface area (Å²) < 4.78 is 5.05. The van der Waals surface area contributed by atoms with Crippen molar-refractivity contribution in [3.63, 3.8) is 0 Å². The third kappa shape index (κ3) is 2.58. The number of oxime groups is 1. The molecule has 0 unspecified atom stereocenters. The summed E-state index contributed by atoms with van der Waals surface area (Å²) in [4.78, 5) is 14.6. The smallest absolute Gasteiger partial charge is 0.264 e. The summed E-state index contributed by atoms with van der Waals surface area (Å²) in [5, 5.41) is 13.6. The van der Waals surface area contributed by atoms with Crippen molar-refractivity contribution in [3.05, 3.63) is 16.3 Å². The van der Waals surface area contributed by atoms with Crippen LogP contribution in [0.5, 0.6) is 5.75 Å². The van der Waals surface area contributed by atoms with Gasteiger partial charge in [0.2, 0.25) is 0 Å². The van der Waals surface area contributed by atoms with Crippen LogP contribution in [0, 0.1) is 0 Å². The van der Waals surface area contributed by atoms with E-state index in [1.165, 1.54) is 11.3 Å². The summed E-state index contributed by atoms with van der Waals surface area (Å²) >= 11 is 1.39. The minimum absolute atomic E-state index is 0.0234. The fraction of sp³-hybridized carbons (Fsp3) is 0.455. The molecule has 5 nitrogen and oxygen atoms in total. The molecule has 0 saturated carbocycles. The lowest BCUT2D eigenvalue weighted by atomic mass is 10.1. The number of hydrogen-bond acceptors (Lipinski definition) is 5. The van der Waals surface area contributed by atoms with Gasteiger partial charge in [-0.25, -0.2) is 0 Å². The third-order valence-electron chi connectivity index (χ3n) is 2.79. The highest BCUT2D eigenvalue weighted by atomic mass is 32.1. The van der Waals surface area contributed by atoms with Crippen molar-refractivity contribution >= 4 is 23.0 Å². The molecule has 0 radical (unpaired) electrons. The molecule has 6 heteroatoms.